The van der Waals surface area contributed by atoms with Crippen molar-refractivity contribution in [2.75, 3.05) is 11.1 Å². The van der Waals surface area contributed by atoms with E-state index in [1.807, 2.05) is 0 Å². The number of nitro groups is 1. The Labute approximate surface area is 120 Å². The lowest BCUT2D eigenvalue weighted by atomic mass is 10.2. The maximum atomic E-state index is 13.6. The molecule has 0 unspecified atom stereocenters. The molecule has 0 aliphatic carbocycles. The summed E-state index contributed by atoms with van der Waals surface area (Å²) in [4.78, 5) is 10.0. The first-order valence-electron chi connectivity index (χ1n) is 5.34. The molecule has 2 rings (SSSR count). The zero-order valence-corrected chi connectivity index (χ0v) is 11.4. The second-order valence-corrected chi connectivity index (χ2v) is 4.76. The highest BCUT2D eigenvalue weighted by molar-refractivity contribution is 9.10. The molecule has 0 aromatic heterocycles. The van der Waals surface area contributed by atoms with Crippen LogP contribution < -0.4 is 11.1 Å². The molecule has 104 valence electrons. The highest BCUT2D eigenvalue weighted by Crippen LogP contribution is 2.29. The summed E-state index contributed by atoms with van der Waals surface area (Å²) in [6.07, 6.45) is 0. The SMILES string of the molecule is Nc1cc(Nc2cc(Br)c(F)cc2F)ccc1[N+](=O)[O-]. The number of rotatable bonds is 3. The third-order valence-corrected chi connectivity index (χ3v) is 3.12. The van der Waals surface area contributed by atoms with Gasteiger partial charge in [-0.25, -0.2) is 8.78 Å². The van der Waals surface area contributed by atoms with E-state index in [4.69, 9.17) is 5.73 Å². The lowest BCUT2D eigenvalue weighted by molar-refractivity contribution is -0.383. The maximum absolute atomic E-state index is 13.6. The van der Waals surface area contributed by atoms with E-state index in [1.165, 1.54) is 24.3 Å². The summed E-state index contributed by atoms with van der Waals surface area (Å²) >= 11 is 2.94. The fourth-order valence-electron chi connectivity index (χ4n) is 1.57. The van der Waals surface area contributed by atoms with E-state index in [1.54, 1.807) is 0 Å². The largest absolute Gasteiger partial charge is 0.393 e. The van der Waals surface area contributed by atoms with Gasteiger partial charge in [-0.3, -0.25) is 10.1 Å². The summed E-state index contributed by atoms with van der Waals surface area (Å²) in [5.74, 6) is -1.51. The number of hydrogen-bond acceptors (Lipinski definition) is 4. The molecule has 8 heteroatoms. The topological polar surface area (TPSA) is 81.2 Å². The molecule has 0 radical (unpaired) electrons. The van der Waals surface area contributed by atoms with Gasteiger partial charge in [0.2, 0.25) is 0 Å². The molecule has 0 amide bonds. The Bertz CT molecular complexity index is 695. The van der Waals surface area contributed by atoms with E-state index < -0.39 is 16.6 Å². The molecule has 0 saturated heterocycles. The minimum Gasteiger partial charge on any atom is -0.393 e. The van der Waals surface area contributed by atoms with E-state index >= 15 is 0 Å². The van der Waals surface area contributed by atoms with Gasteiger partial charge in [-0.15, -0.1) is 0 Å². The van der Waals surface area contributed by atoms with Gasteiger partial charge in [0.1, 0.15) is 17.3 Å². The van der Waals surface area contributed by atoms with Gasteiger partial charge in [0.15, 0.2) is 0 Å². The first-order valence-corrected chi connectivity index (χ1v) is 6.13. The maximum Gasteiger partial charge on any atom is 0.292 e. The van der Waals surface area contributed by atoms with E-state index in [2.05, 4.69) is 21.2 Å². The quantitative estimate of drug-likeness (QED) is 0.382. The molecule has 3 N–H and O–H groups in total. The first-order chi connectivity index (χ1) is 9.38. The van der Waals surface area contributed by atoms with Crippen molar-refractivity contribution in [2.24, 2.45) is 0 Å². The van der Waals surface area contributed by atoms with Crippen molar-refractivity contribution in [3.05, 3.63) is 56.6 Å². The van der Waals surface area contributed by atoms with Crippen LogP contribution in [0.2, 0.25) is 0 Å². The number of nitrogens with zero attached hydrogens (tertiary/aromatic N) is 1. The molecule has 5 nitrogen and oxygen atoms in total. The predicted molar refractivity (Wildman–Crippen MR) is 74.8 cm³/mol. The normalized spacial score (nSPS) is 10.3. The molecular formula is C12H8BrF2N3O2. The van der Waals surface area contributed by atoms with E-state index in [9.17, 15) is 18.9 Å². The first kappa shape index (κ1) is 14.2. The third-order valence-electron chi connectivity index (χ3n) is 2.51. The highest BCUT2D eigenvalue weighted by atomic mass is 79.9. The zero-order chi connectivity index (χ0) is 14.9. The Morgan fingerprint density at radius 1 is 1.20 bits per heavy atom. The molecule has 0 fully saturated rings. The number of nitro benzene ring substituents is 1. The Kier molecular flexibility index (Phi) is 3.84. The standard InChI is InChI=1S/C12H8BrF2N3O2/c13-7-4-11(9(15)5-8(7)14)17-6-1-2-12(18(19)20)10(16)3-6/h1-5,17H,16H2. The number of benzene rings is 2. The summed E-state index contributed by atoms with van der Waals surface area (Å²) < 4.78 is 26.7. The Hall–Kier alpha value is -2.22. The van der Waals surface area contributed by atoms with Crippen molar-refractivity contribution in [1.82, 2.24) is 0 Å². The highest BCUT2D eigenvalue weighted by Gasteiger charge is 2.13. The van der Waals surface area contributed by atoms with Crippen LogP contribution in [0, 0.1) is 21.7 Å². The average Bonchev–Trinajstić information content (AvgIpc) is 2.35. The summed E-state index contributed by atoms with van der Waals surface area (Å²) in [5, 5.41) is 13.3. The zero-order valence-electron chi connectivity index (χ0n) is 9.86. The molecule has 0 atom stereocenters. The van der Waals surface area contributed by atoms with Crippen LogP contribution in [0.15, 0.2) is 34.8 Å². The van der Waals surface area contributed by atoms with Crippen LogP contribution in [-0.2, 0) is 0 Å². The Morgan fingerprint density at radius 3 is 2.50 bits per heavy atom. The number of halogens is 3. The average molecular weight is 344 g/mol. The fraction of sp³-hybridized carbons (Fsp3) is 0. The van der Waals surface area contributed by atoms with Crippen LogP contribution in [0.1, 0.15) is 0 Å². The van der Waals surface area contributed by atoms with E-state index in [-0.39, 0.29) is 21.5 Å². The summed E-state index contributed by atoms with van der Waals surface area (Å²) in [7, 11) is 0. The van der Waals surface area contributed by atoms with E-state index in [0.29, 0.717) is 5.69 Å². The number of nitrogen functional groups attached to an aromatic ring is 1. The molecule has 20 heavy (non-hydrogen) atoms. The van der Waals surface area contributed by atoms with Gasteiger partial charge in [0, 0.05) is 17.8 Å². The molecule has 2 aromatic carbocycles. The third kappa shape index (κ3) is 2.85. The molecule has 2 aromatic rings. The summed E-state index contributed by atoms with van der Waals surface area (Å²) in [5.41, 5.74) is 5.60. The van der Waals surface area contributed by atoms with Gasteiger partial charge < -0.3 is 11.1 Å². The number of nitrogens with one attached hydrogen (secondary N) is 1. The van der Waals surface area contributed by atoms with Crippen LogP contribution in [-0.4, -0.2) is 4.92 Å². The van der Waals surface area contributed by atoms with Gasteiger partial charge >= 0.3 is 0 Å². The van der Waals surface area contributed by atoms with Gasteiger partial charge in [-0.2, -0.15) is 0 Å². The van der Waals surface area contributed by atoms with Gasteiger partial charge in [-0.05, 0) is 34.1 Å². The number of anilines is 3. The number of hydrogen-bond donors (Lipinski definition) is 2. The van der Waals surface area contributed by atoms with E-state index in [0.717, 1.165) is 6.07 Å². The van der Waals surface area contributed by atoms with Crippen LogP contribution in [0.25, 0.3) is 0 Å². The molecule has 0 spiro atoms. The van der Waals surface area contributed by atoms with Crippen LogP contribution in [0.5, 0.6) is 0 Å². The van der Waals surface area contributed by atoms with Crippen LogP contribution in [0.3, 0.4) is 0 Å². The van der Waals surface area contributed by atoms with Crippen molar-refractivity contribution < 1.29 is 13.7 Å². The molecule has 0 heterocycles. The van der Waals surface area contributed by atoms with Crippen LogP contribution in [0.4, 0.5) is 31.5 Å². The molecular weight excluding hydrogens is 336 g/mol. The van der Waals surface area contributed by atoms with Crippen molar-refractivity contribution in [2.45, 2.75) is 0 Å². The smallest absolute Gasteiger partial charge is 0.292 e. The van der Waals surface area contributed by atoms with Gasteiger partial charge in [0.25, 0.3) is 5.69 Å². The summed E-state index contributed by atoms with van der Waals surface area (Å²) in [6, 6.07) is 5.83. The van der Waals surface area contributed by atoms with Crippen LogP contribution >= 0.6 is 15.9 Å². The molecule has 0 bridgehead atoms. The van der Waals surface area contributed by atoms with Gasteiger partial charge in [-0.1, -0.05) is 0 Å². The predicted octanol–water partition coefficient (Wildman–Crippen LogP) is 3.96. The monoisotopic (exact) mass is 343 g/mol. The fourth-order valence-corrected chi connectivity index (χ4v) is 1.92. The Morgan fingerprint density at radius 2 is 1.90 bits per heavy atom. The second-order valence-electron chi connectivity index (χ2n) is 3.90. The minimum absolute atomic E-state index is 0.0199. The minimum atomic E-state index is -0.789. The van der Waals surface area contributed by atoms with Crippen molar-refractivity contribution in [1.29, 1.82) is 0 Å². The lowest BCUT2D eigenvalue weighted by Gasteiger charge is -2.09. The van der Waals surface area contributed by atoms with Gasteiger partial charge in [0.05, 0.1) is 15.1 Å². The molecule has 0 aliphatic rings. The van der Waals surface area contributed by atoms with Crippen molar-refractivity contribution >= 4 is 38.7 Å². The molecule has 0 saturated carbocycles. The number of nitrogens with two attached hydrogens (primary N) is 1. The summed E-state index contributed by atoms with van der Waals surface area (Å²) in [6.45, 7) is 0. The Balaban J connectivity index is 2.33. The van der Waals surface area contributed by atoms with Crippen molar-refractivity contribution in [3.63, 3.8) is 0 Å². The molecule has 0 aliphatic heterocycles. The lowest BCUT2D eigenvalue weighted by Crippen LogP contribution is -1.99. The second kappa shape index (κ2) is 5.41. The van der Waals surface area contributed by atoms with Crippen molar-refractivity contribution in [3.8, 4) is 0 Å².